The Morgan fingerprint density at radius 2 is 0.702 bits per heavy atom. The molecule has 6 heteroatoms. The molecule has 0 aliphatic rings. The Balaban J connectivity index is 4.20. The number of esters is 3. The van der Waals surface area contributed by atoms with E-state index in [1.807, 2.05) is 0 Å². The van der Waals surface area contributed by atoms with Crippen LogP contribution in [0.1, 0.15) is 220 Å². The van der Waals surface area contributed by atoms with E-state index in [4.69, 9.17) is 14.2 Å². The van der Waals surface area contributed by atoms with Gasteiger partial charge in [-0.15, -0.1) is 0 Å². The van der Waals surface area contributed by atoms with Gasteiger partial charge in [-0.25, -0.2) is 0 Å². The van der Waals surface area contributed by atoms with Crippen molar-refractivity contribution in [1.29, 1.82) is 0 Å². The Bertz CT molecular complexity index is 706. The molecule has 0 rings (SSSR count). The van der Waals surface area contributed by atoms with E-state index in [0.717, 1.165) is 70.1 Å². The number of hydrogen-bond donors (Lipinski definition) is 0. The fourth-order valence-electron chi connectivity index (χ4n) is 5.92. The van der Waals surface area contributed by atoms with Crippen LogP contribution in [-0.4, -0.2) is 37.2 Å². The Morgan fingerprint density at radius 1 is 0.404 bits per heavy atom. The molecule has 1 atom stereocenters. The third-order valence-electron chi connectivity index (χ3n) is 9.04. The zero-order chi connectivity index (χ0) is 34.6. The Morgan fingerprint density at radius 3 is 1.04 bits per heavy atom. The molecule has 0 spiro atoms. The minimum atomic E-state index is -0.756. The first kappa shape index (κ1) is 45.4. The van der Waals surface area contributed by atoms with Crippen LogP contribution in [0.15, 0.2) is 0 Å². The molecular formula is C41H78O6. The maximum Gasteiger partial charge on any atom is 0.306 e. The van der Waals surface area contributed by atoms with Crippen molar-refractivity contribution in [3.8, 4) is 0 Å². The molecule has 47 heavy (non-hydrogen) atoms. The van der Waals surface area contributed by atoms with Gasteiger partial charge in [-0.1, -0.05) is 182 Å². The number of rotatable bonds is 36. The molecule has 6 nitrogen and oxygen atoms in total. The van der Waals surface area contributed by atoms with Gasteiger partial charge < -0.3 is 14.2 Å². The molecule has 278 valence electrons. The average Bonchev–Trinajstić information content (AvgIpc) is 3.05. The van der Waals surface area contributed by atoms with Crippen LogP contribution in [0, 0.1) is 5.92 Å². The molecule has 0 saturated carbocycles. The second-order valence-corrected chi connectivity index (χ2v) is 14.4. The minimum Gasteiger partial charge on any atom is -0.462 e. The van der Waals surface area contributed by atoms with E-state index in [1.54, 1.807) is 0 Å². The summed E-state index contributed by atoms with van der Waals surface area (Å²) in [5, 5.41) is 0. The third-order valence-corrected chi connectivity index (χ3v) is 9.04. The van der Waals surface area contributed by atoms with Crippen LogP contribution in [-0.2, 0) is 28.6 Å². The summed E-state index contributed by atoms with van der Waals surface area (Å²) in [5.41, 5.74) is 0. The van der Waals surface area contributed by atoms with Crippen LogP contribution in [0.5, 0.6) is 0 Å². The molecule has 0 unspecified atom stereocenters. The molecule has 0 aliphatic heterocycles. The van der Waals surface area contributed by atoms with Gasteiger partial charge in [0.15, 0.2) is 6.10 Å². The molecule has 0 heterocycles. The van der Waals surface area contributed by atoms with E-state index in [2.05, 4.69) is 27.7 Å². The first-order chi connectivity index (χ1) is 22.9. The lowest BCUT2D eigenvalue weighted by atomic mass is 10.0. The maximum atomic E-state index is 12.5. The summed E-state index contributed by atoms with van der Waals surface area (Å²) in [6.07, 6.45) is 32.6. The number of unbranched alkanes of at least 4 members (excludes halogenated alkanes) is 23. The number of carbonyl (C=O) groups excluding carboxylic acids is 3. The number of carbonyl (C=O) groups is 3. The van der Waals surface area contributed by atoms with Gasteiger partial charge in [0, 0.05) is 19.3 Å². The van der Waals surface area contributed by atoms with Crippen molar-refractivity contribution in [3.63, 3.8) is 0 Å². The summed E-state index contributed by atoms with van der Waals surface area (Å²) < 4.78 is 16.5. The minimum absolute atomic E-state index is 0.0660. The monoisotopic (exact) mass is 667 g/mol. The smallest absolute Gasteiger partial charge is 0.306 e. The van der Waals surface area contributed by atoms with Crippen LogP contribution in [0.4, 0.5) is 0 Å². The molecule has 0 bridgehead atoms. The van der Waals surface area contributed by atoms with Crippen LogP contribution in [0.3, 0.4) is 0 Å². The highest BCUT2D eigenvalue weighted by atomic mass is 16.6. The molecule has 0 amide bonds. The van der Waals surface area contributed by atoms with E-state index >= 15 is 0 Å². The van der Waals surface area contributed by atoms with Crippen molar-refractivity contribution in [2.75, 3.05) is 13.2 Å². The first-order valence-electron chi connectivity index (χ1n) is 20.4. The van der Waals surface area contributed by atoms with E-state index in [1.165, 1.54) is 109 Å². The molecule has 0 aromatic carbocycles. The van der Waals surface area contributed by atoms with E-state index < -0.39 is 6.10 Å². The molecule has 0 aromatic rings. The third kappa shape index (κ3) is 35.5. The highest BCUT2D eigenvalue weighted by molar-refractivity contribution is 5.71. The lowest BCUT2D eigenvalue weighted by Crippen LogP contribution is -2.30. The Labute approximate surface area is 291 Å². The fourth-order valence-corrected chi connectivity index (χ4v) is 5.92. The Kier molecular flexibility index (Phi) is 34.5. The summed E-state index contributed by atoms with van der Waals surface area (Å²) in [7, 11) is 0. The molecular weight excluding hydrogens is 588 g/mol. The maximum absolute atomic E-state index is 12.5. The zero-order valence-electron chi connectivity index (χ0n) is 31.7. The van der Waals surface area contributed by atoms with Crippen molar-refractivity contribution in [2.45, 2.75) is 226 Å². The van der Waals surface area contributed by atoms with Crippen LogP contribution < -0.4 is 0 Å². The second-order valence-electron chi connectivity index (χ2n) is 14.4. The highest BCUT2D eigenvalue weighted by Crippen LogP contribution is 2.15. The molecule has 0 N–H and O–H groups in total. The van der Waals surface area contributed by atoms with Gasteiger partial charge in [0.05, 0.1) is 0 Å². The summed E-state index contributed by atoms with van der Waals surface area (Å²) >= 11 is 0. The largest absolute Gasteiger partial charge is 0.462 e. The van der Waals surface area contributed by atoms with Crippen molar-refractivity contribution < 1.29 is 28.6 Å². The lowest BCUT2D eigenvalue weighted by molar-refractivity contribution is -0.167. The summed E-state index contributed by atoms with van der Waals surface area (Å²) in [6, 6.07) is 0. The van der Waals surface area contributed by atoms with Crippen LogP contribution >= 0.6 is 0 Å². The normalized spacial score (nSPS) is 11.9. The quantitative estimate of drug-likeness (QED) is 0.0376. The fraction of sp³-hybridized carbons (Fsp3) is 0.927. The summed E-state index contributed by atoms with van der Waals surface area (Å²) in [4.78, 5) is 37.3. The van der Waals surface area contributed by atoms with Gasteiger partial charge in [-0.3, -0.25) is 14.4 Å². The van der Waals surface area contributed by atoms with Crippen molar-refractivity contribution in [1.82, 2.24) is 0 Å². The molecule has 0 radical (unpaired) electrons. The lowest BCUT2D eigenvalue weighted by Gasteiger charge is -2.18. The number of hydrogen-bond acceptors (Lipinski definition) is 6. The van der Waals surface area contributed by atoms with Crippen molar-refractivity contribution in [3.05, 3.63) is 0 Å². The van der Waals surface area contributed by atoms with Gasteiger partial charge >= 0.3 is 17.9 Å². The standard InChI is InChI=1S/C41H78O6/c1-5-7-9-11-12-13-14-18-21-25-28-32-39(42)45-35-38(47-41(44)34-30-23-10-8-6-2)36-46-40(43)33-29-26-22-19-16-15-17-20-24-27-31-37(3)4/h37-38H,5-36H2,1-4H3/t38-/m1/s1. The first-order valence-corrected chi connectivity index (χ1v) is 20.4. The van der Waals surface area contributed by atoms with Crippen LogP contribution in [0.2, 0.25) is 0 Å². The SMILES string of the molecule is CCCCCCCCCCCCCC(=O)OC[C@H](COC(=O)CCCCCCCCCCCCC(C)C)OC(=O)CCCCCCC. The van der Waals surface area contributed by atoms with Gasteiger partial charge in [-0.2, -0.15) is 0 Å². The van der Waals surface area contributed by atoms with E-state index in [9.17, 15) is 14.4 Å². The molecule has 0 aliphatic carbocycles. The topological polar surface area (TPSA) is 78.9 Å². The van der Waals surface area contributed by atoms with Crippen molar-refractivity contribution >= 4 is 17.9 Å². The van der Waals surface area contributed by atoms with Crippen molar-refractivity contribution in [2.24, 2.45) is 5.92 Å². The Hall–Kier alpha value is -1.59. The van der Waals surface area contributed by atoms with Gasteiger partial charge in [0.25, 0.3) is 0 Å². The molecule has 0 fully saturated rings. The summed E-state index contributed by atoms with van der Waals surface area (Å²) in [5.74, 6) is -0.0579. The van der Waals surface area contributed by atoms with Gasteiger partial charge in [0.2, 0.25) is 0 Å². The van der Waals surface area contributed by atoms with Crippen LogP contribution in [0.25, 0.3) is 0 Å². The van der Waals surface area contributed by atoms with E-state index in [0.29, 0.717) is 19.3 Å². The average molecular weight is 667 g/mol. The van der Waals surface area contributed by atoms with Gasteiger partial charge in [0.1, 0.15) is 13.2 Å². The number of ether oxygens (including phenoxy) is 3. The predicted molar refractivity (Wildman–Crippen MR) is 196 cm³/mol. The molecule has 0 saturated heterocycles. The second kappa shape index (κ2) is 35.7. The highest BCUT2D eigenvalue weighted by Gasteiger charge is 2.19. The van der Waals surface area contributed by atoms with Gasteiger partial charge in [-0.05, 0) is 25.2 Å². The zero-order valence-corrected chi connectivity index (χ0v) is 31.7. The summed E-state index contributed by atoms with van der Waals surface area (Å²) in [6.45, 7) is 8.87. The van der Waals surface area contributed by atoms with E-state index in [-0.39, 0.29) is 31.1 Å². The molecule has 0 aromatic heterocycles. The predicted octanol–water partition coefficient (Wildman–Crippen LogP) is 12.4.